The number of aromatic nitrogens is 1. The van der Waals surface area contributed by atoms with Crippen LogP contribution in [0, 0.1) is 0 Å². The van der Waals surface area contributed by atoms with Gasteiger partial charge in [0.2, 0.25) is 5.88 Å². The summed E-state index contributed by atoms with van der Waals surface area (Å²) in [6.07, 6.45) is 5.51. The molecule has 1 aromatic heterocycles. The van der Waals surface area contributed by atoms with Crippen molar-refractivity contribution in [2.45, 2.75) is 39.0 Å². The molecule has 0 atom stereocenters. The maximum Gasteiger partial charge on any atom is 0.213 e. The van der Waals surface area contributed by atoms with Crippen LogP contribution in [0.4, 0.5) is 0 Å². The predicted octanol–water partition coefficient (Wildman–Crippen LogP) is 4.37. The molecule has 0 N–H and O–H groups in total. The topological polar surface area (TPSA) is 22.1 Å². The fraction of sp³-hybridized carbons (Fsp3) is 0.389. The van der Waals surface area contributed by atoms with Crippen molar-refractivity contribution in [2.75, 3.05) is 7.11 Å². The van der Waals surface area contributed by atoms with Gasteiger partial charge < -0.3 is 4.74 Å². The van der Waals surface area contributed by atoms with Gasteiger partial charge in [-0.1, -0.05) is 26.0 Å². The van der Waals surface area contributed by atoms with Crippen LogP contribution in [-0.4, -0.2) is 12.1 Å². The zero-order valence-electron chi connectivity index (χ0n) is 12.4. The second-order valence-electron chi connectivity index (χ2n) is 5.75. The fourth-order valence-electron chi connectivity index (χ4n) is 3.23. The molecule has 0 amide bonds. The minimum absolute atomic E-state index is 0.600. The molecule has 0 fully saturated rings. The van der Waals surface area contributed by atoms with Crippen LogP contribution >= 0.6 is 0 Å². The van der Waals surface area contributed by atoms with Crippen LogP contribution in [0.1, 0.15) is 42.9 Å². The summed E-state index contributed by atoms with van der Waals surface area (Å²) < 4.78 is 5.25. The van der Waals surface area contributed by atoms with Crippen molar-refractivity contribution in [3.8, 4) is 17.0 Å². The maximum absolute atomic E-state index is 5.25. The Labute approximate surface area is 120 Å². The van der Waals surface area contributed by atoms with E-state index in [-0.39, 0.29) is 0 Å². The maximum atomic E-state index is 5.25. The van der Waals surface area contributed by atoms with E-state index in [9.17, 15) is 0 Å². The third-order valence-corrected chi connectivity index (χ3v) is 4.20. The first-order chi connectivity index (χ1) is 9.70. The molecular weight excluding hydrogens is 246 g/mol. The van der Waals surface area contributed by atoms with Crippen molar-refractivity contribution in [1.82, 2.24) is 4.98 Å². The molecular formula is C18H21NO. The van der Waals surface area contributed by atoms with Crippen LogP contribution in [-0.2, 0) is 12.8 Å². The van der Waals surface area contributed by atoms with E-state index in [1.807, 2.05) is 12.3 Å². The third-order valence-electron chi connectivity index (χ3n) is 4.20. The number of rotatable bonds is 3. The van der Waals surface area contributed by atoms with Crippen LogP contribution in [0.15, 0.2) is 30.5 Å². The summed E-state index contributed by atoms with van der Waals surface area (Å²) >= 11 is 0. The van der Waals surface area contributed by atoms with Gasteiger partial charge in [0, 0.05) is 12.3 Å². The Hall–Kier alpha value is -1.83. The lowest BCUT2D eigenvalue weighted by molar-refractivity contribution is 0.398. The summed E-state index contributed by atoms with van der Waals surface area (Å²) in [5, 5.41) is 0. The average molecular weight is 267 g/mol. The number of methoxy groups -OCH3 is 1. The van der Waals surface area contributed by atoms with E-state index in [4.69, 9.17) is 4.74 Å². The van der Waals surface area contributed by atoms with Gasteiger partial charge in [0.05, 0.1) is 7.11 Å². The van der Waals surface area contributed by atoms with Crippen LogP contribution < -0.4 is 4.74 Å². The second kappa shape index (κ2) is 5.28. The summed E-state index contributed by atoms with van der Waals surface area (Å²) in [5.74, 6) is 1.28. The van der Waals surface area contributed by atoms with Crippen molar-refractivity contribution < 1.29 is 4.74 Å². The summed E-state index contributed by atoms with van der Waals surface area (Å²) in [7, 11) is 1.67. The number of ether oxygens (including phenoxy) is 1. The lowest BCUT2D eigenvalue weighted by Crippen LogP contribution is -1.98. The van der Waals surface area contributed by atoms with E-state index in [1.54, 1.807) is 12.7 Å². The highest BCUT2D eigenvalue weighted by Gasteiger charge is 2.20. The third kappa shape index (κ3) is 2.20. The number of hydrogen-bond donors (Lipinski definition) is 0. The average Bonchev–Trinajstić information content (AvgIpc) is 2.95. The van der Waals surface area contributed by atoms with Gasteiger partial charge in [-0.3, -0.25) is 0 Å². The Kier molecular flexibility index (Phi) is 3.47. The van der Waals surface area contributed by atoms with Crippen molar-refractivity contribution in [3.05, 3.63) is 47.2 Å². The van der Waals surface area contributed by atoms with E-state index in [0.717, 1.165) is 0 Å². The molecule has 0 spiro atoms. The summed E-state index contributed by atoms with van der Waals surface area (Å²) in [6, 6.07) is 8.68. The molecule has 3 rings (SSSR count). The molecule has 0 saturated heterocycles. The van der Waals surface area contributed by atoms with E-state index < -0.39 is 0 Å². The summed E-state index contributed by atoms with van der Waals surface area (Å²) in [5.41, 5.74) is 7.19. The standard InChI is InChI=1S/C18H21NO/c1-12(2)14-7-8-15(17-6-4-5-16(14)17)13-9-10-19-18(11-13)20-3/h7-12H,4-6H2,1-3H3. The fourth-order valence-corrected chi connectivity index (χ4v) is 3.23. The van der Waals surface area contributed by atoms with E-state index in [1.165, 1.54) is 41.5 Å². The molecule has 0 aliphatic heterocycles. The highest BCUT2D eigenvalue weighted by molar-refractivity contribution is 5.71. The molecule has 1 aliphatic rings. The normalized spacial score (nSPS) is 13.6. The Balaban J connectivity index is 2.13. The van der Waals surface area contributed by atoms with Gasteiger partial charge in [0.1, 0.15) is 0 Å². The van der Waals surface area contributed by atoms with Crippen LogP contribution in [0.25, 0.3) is 11.1 Å². The van der Waals surface area contributed by atoms with Gasteiger partial charge in [-0.2, -0.15) is 0 Å². The van der Waals surface area contributed by atoms with Crippen molar-refractivity contribution in [1.29, 1.82) is 0 Å². The summed E-state index contributed by atoms with van der Waals surface area (Å²) in [6.45, 7) is 4.56. The zero-order valence-corrected chi connectivity index (χ0v) is 12.4. The van der Waals surface area contributed by atoms with Gasteiger partial charge in [-0.15, -0.1) is 0 Å². The highest BCUT2D eigenvalue weighted by atomic mass is 16.5. The molecule has 1 aliphatic carbocycles. The Morgan fingerprint density at radius 1 is 1.10 bits per heavy atom. The van der Waals surface area contributed by atoms with Crippen LogP contribution in [0.5, 0.6) is 5.88 Å². The largest absolute Gasteiger partial charge is 0.481 e. The molecule has 104 valence electrons. The smallest absolute Gasteiger partial charge is 0.213 e. The van der Waals surface area contributed by atoms with E-state index in [0.29, 0.717) is 11.8 Å². The van der Waals surface area contributed by atoms with Crippen molar-refractivity contribution in [3.63, 3.8) is 0 Å². The van der Waals surface area contributed by atoms with Crippen molar-refractivity contribution >= 4 is 0 Å². The molecule has 1 heterocycles. The molecule has 0 bridgehead atoms. The Morgan fingerprint density at radius 3 is 2.65 bits per heavy atom. The van der Waals surface area contributed by atoms with Crippen LogP contribution in [0.3, 0.4) is 0 Å². The monoisotopic (exact) mass is 267 g/mol. The number of fused-ring (bicyclic) bond motifs is 1. The molecule has 20 heavy (non-hydrogen) atoms. The number of benzene rings is 1. The predicted molar refractivity (Wildman–Crippen MR) is 82.3 cm³/mol. The molecule has 0 unspecified atom stereocenters. The molecule has 2 aromatic rings. The lowest BCUT2D eigenvalue weighted by atomic mass is 9.89. The lowest BCUT2D eigenvalue weighted by Gasteiger charge is -2.16. The minimum Gasteiger partial charge on any atom is -0.481 e. The molecule has 2 heteroatoms. The SMILES string of the molecule is COc1cc(-c2ccc(C(C)C)c3c2CCC3)ccn1. The van der Waals surface area contributed by atoms with Gasteiger partial charge in [0.25, 0.3) is 0 Å². The first kappa shape index (κ1) is 13.2. The van der Waals surface area contributed by atoms with Gasteiger partial charge in [-0.25, -0.2) is 4.98 Å². The van der Waals surface area contributed by atoms with E-state index in [2.05, 4.69) is 37.0 Å². The van der Waals surface area contributed by atoms with Crippen molar-refractivity contribution in [2.24, 2.45) is 0 Å². The number of nitrogens with zero attached hydrogens (tertiary/aromatic N) is 1. The highest BCUT2D eigenvalue weighted by Crippen LogP contribution is 2.37. The Bertz CT molecular complexity index is 631. The Morgan fingerprint density at radius 2 is 1.90 bits per heavy atom. The first-order valence-electron chi connectivity index (χ1n) is 7.35. The van der Waals surface area contributed by atoms with Crippen LogP contribution in [0.2, 0.25) is 0 Å². The quantitative estimate of drug-likeness (QED) is 0.824. The van der Waals surface area contributed by atoms with Gasteiger partial charge >= 0.3 is 0 Å². The minimum atomic E-state index is 0.600. The van der Waals surface area contributed by atoms with Gasteiger partial charge in [0.15, 0.2) is 0 Å². The van der Waals surface area contributed by atoms with Gasteiger partial charge in [-0.05, 0) is 59.1 Å². The number of pyridine rings is 1. The second-order valence-corrected chi connectivity index (χ2v) is 5.75. The van der Waals surface area contributed by atoms with E-state index >= 15 is 0 Å². The molecule has 2 nitrogen and oxygen atoms in total. The molecule has 1 aromatic carbocycles. The molecule has 0 saturated carbocycles. The number of hydrogen-bond acceptors (Lipinski definition) is 2. The summed E-state index contributed by atoms with van der Waals surface area (Å²) in [4.78, 5) is 4.20. The first-order valence-corrected chi connectivity index (χ1v) is 7.35. The molecule has 0 radical (unpaired) electrons. The zero-order chi connectivity index (χ0) is 14.1.